The average Bonchev–Trinajstić information content (AvgIpc) is 2.77. The Hall–Kier alpha value is -0.890. The van der Waals surface area contributed by atoms with Gasteiger partial charge >= 0.3 is 0 Å². The predicted molar refractivity (Wildman–Crippen MR) is 60.3 cm³/mol. The van der Waals surface area contributed by atoms with E-state index in [0.717, 1.165) is 16.6 Å². The number of rotatable bonds is 2. The average molecular weight is 281 g/mol. The number of nitrogen functional groups attached to an aromatic ring is 1. The maximum atomic E-state index is 13.1. The molecule has 0 amide bonds. The second kappa shape index (κ2) is 4.41. The van der Waals surface area contributed by atoms with Crippen LogP contribution in [0.5, 0.6) is 0 Å². The van der Waals surface area contributed by atoms with E-state index in [9.17, 15) is 12.8 Å². The standard InChI is InChI=1S/C9H10ClFN2O3S/c10-6-4-7(11)8(12)5-9(6)17(14,15)13-2-1-3-16-13/h4-5H,1-3,12H2. The van der Waals surface area contributed by atoms with Gasteiger partial charge in [0.15, 0.2) is 0 Å². The van der Waals surface area contributed by atoms with Crippen LogP contribution in [0.4, 0.5) is 10.1 Å². The molecule has 0 aromatic heterocycles. The van der Waals surface area contributed by atoms with Crippen molar-refractivity contribution in [2.24, 2.45) is 0 Å². The largest absolute Gasteiger partial charge is 0.396 e. The molecule has 8 heteroatoms. The number of hydrogen-bond acceptors (Lipinski definition) is 4. The Bertz CT molecular complexity index is 543. The number of nitrogens with zero attached hydrogens (tertiary/aromatic N) is 1. The summed E-state index contributed by atoms with van der Waals surface area (Å²) in [5.41, 5.74) is 5.06. The van der Waals surface area contributed by atoms with Crippen molar-refractivity contribution in [2.45, 2.75) is 11.3 Å². The molecule has 5 nitrogen and oxygen atoms in total. The first kappa shape index (κ1) is 12.6. The van der Waals surface area contributed by atoms with Gasteiger partial charge in [-0.05, 0) is 18.6 Å². The second-order valence-corrected chi connectivity index (χ2v) is 5.73. The molecule has 1 aliphatic rings. The van der Waals surface area contributed by atoms with Crippen LogP contribution in [0.15, 0.2) is 17.0 Å². The van der Waals surface area contributed by atoms with Crippen molar-refractivity contribution in [3.63, 3.8) is 0 Å². The lowest BCUT2D eigenvalue weighted by Crippen LogP contribution is -2.27. The summed E-state index contributed by atoms with van der Waals surface area (Å²) in [5.74, 6) is -0.753. The summed E-state index contributed by atoms with van der Waals surface area (Å²) in [7, 11) is -3.88. The molecule has 0 radical (unpaired) electrons. The molecule has 1 fully saturated rings. The van der Waals surface area contributed by atoms with Crippen LogP contribution < -0.4 is 5.73 Å². The number of nitrogens with two attached hydrogens (primary N) is 1. The molecule has 1 aromatic carbocycles. The van der Waals surface area contributed by atoms with Crippen LogP contribution in [0.25, 0.3) is 0 Å². The topological polar surface area (TPSA) is 72.6 Å². The fraction of sp³-hybridized carbons (Fsp3) is 0.333. The molecule has 1 heterocycles. The van der Waals surface area contributed by atoms with Crippen molar-refractivity contribution in [3.8, 4) is 0 Å². The van der Waals surface area contributed by atoms with Crippen molar-refractivity contribution in [1.82, 2.24) is 4.47 Å². The molecule has 17 heavy (non-hydrogen) atoms. The van der Waals surface area contributed by atoms with Gasteiger partial charge in [-0.2, -0.15) is 0 Å². The molecule has 1 saturated heterocycles. The summed E-state index contributed by atoms with van der Waals surface area (Å²) in [6.45, 7) is 0.573. The lowest BCUT2D eigenvalue weighted by atomic mass is 10.3. The molecule has 0 bridgehead atoms. The van der Waals surface area contributed by atoms with Gasteiger partial charge in [-0.1, -0.05) is 16.1 Å². The third kappa shape index (κ3) is 2.23. The van der Waals surface area contributed by atoms with Crippen LogP contribution in [0.2, 0.25) is 5.02 Å². The Morgan fingerprint density at radius 3 is 2.76 bits per heavy atom. The van der Waals surface area contributed by atoms with E-state index in [1.165, 1.54) is 0 Å². The van der Waals surface area contributed by atoms with Crippen molar-refractivity contribution in [3.05, 3.63) is 23.0 Å². The van der Waals surface area contributed by atoms with E-state index in [1.807, 2.05) is 0 Å². The zero-order valence-corrected chi connectivity index (χ0v) is 10.3. The number of halogens is 2. The zero-order chi connectivity index (χ0) is 12.6. The number of benzene rings is 1. The van der Waals surface area contributed by atoms with Gasteiger partial charge in [0.1, 0.15) is 10.7 Å². The number of anilines is 1. The Morgan fingerprint density at radius 2 is 2.18 bits per heavy atom. The maximum absolute atomic E-state index is 13.1. The normalized spacial score (nSPS) is 17.5. The van der Waals surface area contributed by atoms with Gasteiger partial charge in [-0.25, -0.2) is 12.8 Å². The van der Waals surface area contributed by atoms with Gasteiger partial charge < -0.3 is 5.73 Å². The molecule has 1 aliphatic heterocycles. The summed E-state index contributed by atoms with van der Waals surface area (Å²) in [6.07, 6.45) is 0.605. The highest BCUT2D eigenvalue weighted by molar-refractivity contribution is 7.89. The molecule has 94 valence electrons. The molecule has 0 atom stereocenters. The number of hydrogen-bond donors (Lipinski definition) is 1. The summed E-state index contributed by atoms with van der Waals surface area (Å²) >= 11 is 5.71. The van der Waals surface area contributed by atoms with Gasteiger partial charge in [-0.3, -0.25) is 4.84 Å². The van der Waals surface area contributed by atoms with E-state index in [2.05, 4.69) is 0 Å². The first-order valence-electron chi connectivity index (χ1n) is 4.83. The van der Waals surface area contributed by atoms with Gasteiger partial charge in [-0.15, -0.1) is 0 Å². The van der Waals surface area contributed by atoms with E-state index in [4.69, 9.17) is 22.2 Å². The molecule has 0 spiro atoms. The molecule has 2 rings (SSSR count). The van der Waals surface area contributed by atoms with Crippen molar-refractivity contribution >= 4 is 27.3 Å². The van der Waals surface area contributed by atoms with Gasteiger partial charge in [0.2, 0.25) is 0 Å². The van der Waals surface area contributed by atoms with Crippen LogP contribution in [-0.2, 0) is 14.9 Å². The van der Waals surface area contributed by atoms with Crippen LogP contribution in [0.1, 0.15) is 6.42 Å². The highest BCUT2D eigenvalue weighted by atomic mass is 35.5. The summed E-state index contributed by atoms with van der Waals surface area (Å²) in [6, 6.07) is 1.87. The fourth-order valence-corrected chi connectivity index (χ4v) is 3.29. The van der Waals surface area contributed by atoms with E-state index in [0.29, 0.717) is 13.0 Å². The molecule has 0 aliphatic carbocycles. The highest BCUT2D eigenvalue weighted by Gasteiger charge is 2.31. The lowest BCUT2D eigenvalue weighted by Gasteiger charge is -2.15. The van der Waals surface area contributed by atoms with Crippen LogP contribution in [-0.4, -0.2) is 26.0 Å². The smallest absolute Gasteiger partial charge is 0.266 e. The van der Waals surface area contributed by atoms with Crippen LogP contribution in [0.3, 0.4) is 0 Å². The molecule has 2 N–H and O–H groups in total. The number of sulfonamides is 1. The van der Waals surface area contributed by atoms with E-state index < -0.39 is 15.8 Å². The minimum absolute atomic E-state index is 0.216. The Morgan fingerprint density at radius 1 is 1.47 bits per heavy atom. The minimum Gasteiger partial charge on any atom is -0.396 e. The van der Waals surface area contributed by atoms with E-state index in [1.54, 1.807) is 0 Å². The highest BCUT2D eigenvalue weighted by Crippen LogP contribution is 2.29. The molecular weight excluding hydrogens is 271 g/mol. The first-order valence-corrected chi connectivity index (χ1v) is 6.65. The second-order valence-electron chi connectivity index (χ2n) is 3.52. The molecule has 1 aromatic rings. The van der Waals surface area contributed by atoms with Crippen LogP contribution in [0, 0.1) is 5.82 Å². The lowest BCUT2D eigenvalue weighted by molar-refractivity contribution is -0.0284. The quantitative estimate of drug-likeness (QED) is 0.831. The van der Waals surface area contributed by atoms with Crippen molar-refractivity contribution in [2.75, 3.05) is 18.9 Å². The Labute approximate surface area is 103 Å². The third-order valence-electron chi connectivity index (χ3n) is 2.32. The van der Waals surface area contributed by atoms with Crippen LogP contribution >= 0.6 is 11.6 Å². The summed E-state index contributed by atoms with van der Waals surface area (Å²) < 4.78 is 38.0. The molecular formula is C9H10ClFN2O3S. The summed E-state index contributed by atoms with van der Waals surface area (Å²) in [5, 5.41) is -0.216. The molecule has 0 saturated carbocycles. The van der Waals surface area contributed by atoms with Gasteiger partial charge in [0, 0.05) is 6.54 Å². The minimum atomic E-state index is -3.88. The van der Waals surface area contributed by atoms with E-state index in [-0.39, 0.29) is 22.2 Å². The third-order valence-corrected chi connectivity index (χ3v) is 4.46. The Kier molecular flexibility index (Phi) is 3.26. The first-order chi connectivity index (χ1) is 7.93. The number of hydroxylamine groups is 1. The molecule has 0 unspecified atom stereocenters. The fourth-order valence-electron chi connectivity index (χ4n) is 1.47. The van der Waals surface area contributed by atoms with E-state index >= 15 is 0 Å². The summed E-state index contributed by atoms with van der Waals surface area (Å²) in [4.78, 5) is 4.70. The maximum Gasteiger partial charge on any atom is 0.266 e. The van der Waals surface area contributed by atoms with Crippen molar-refractivity contribution in [1.29, 1.82) is 0 Å². The monoisotopic (exact) mass is 280 g/mol. The Balaban J connectivity index is 2.49. The zero-order valence-electron chi connectivity index (χ0n) is 8.69. The predicted octanol–water partition coefficient (Wildman–Crippen LogP) is 1.39. The van der Waals surface area contributed by atoms with Gasteiger partial charge in [0.25, 0.3) is 10.0 Å². The van der Waals surface area contributed by atoms with Crippen molar-refractivity contribution < 1.29 is 17.6 Å². The van der Waals surface area contributed by atoms with Gasteiger partial charge in [0.05, 0.1) is 17.3 Å². The SMILES string of the molecule is Nc1cc(S(=O)(=O)N2CCCO2)c(Cl)cc1F.